The molecule has 0 radical (unpaired) electrons. The highest BCUT2D eigenvalue weighted by Crippen LogP contribution is 2.28. The van der Waals surface area contributed by atoms with Gasteiger partial charge in [0, 0.05) is 38.3 Å². The molecule has 0 aliphatic carbocycles. The predicted octanol–water partition coefficient (Wildman–Crippen LogP) is 1.38. The molecular formula is C17H21N5O. The van der Waals surface area contributed by atoms with E-state index in [2.05, 4.69) is 25.7 Å². The molecule has 0 saturated heterocycles. The first kappa shape index (κ1) is 14.4. The molecule has 120 valence electrons. The van der Waals surface area contributed by atoms with Crippen LogP contribution in [0.25, 0.3) is 0 Å². The summed E-state index contributed by atoms with van der Waals surface area (Å²) in [5.41, 5.74) is 2.37. The van der Waals surface area contributed by atoms with Crippen LogP contribution >= 0.6 is 0 Å². The van der Waals surface area contributed by atoms with Gasteiger partial charge in [-0.2, -0.15) is 0 Å². The quantitative estimate of drug-likeness (QED) is 0.859. The van der Waals surface area contributed by atoms with Crippen molar-refractivity contribution in [3.63, 3.8) is 0 Å². The maximum atomic E-state index is 12.6. The van der Waals surface area contributed by atoms with Crippen molar-refractivity contribution in [2.75, 3.05) is 24.5 Å². The SMILES string of the molecule is Cc1nnc2n1CCN(CCC(=O)N1CCc3ccccc31)C2. The molecule has 1 aromatic heterocycles. The molecule has 1 amide bonds. The Hall–Kier alpha value is -2.21. The molecule has 6 nitrogen and oxygen atoms in total. The molecule has 0 N–H and O–H groups in total. The van der Waals surface area contributed by atoms with E-state index in [1.165, 1.54) is 5.56 Å². The third-order valence-electron chi connectivity index (χ3n) is 4.85. The number of benzene rings is 1. The average molecular weight is 311 g/mol. The molecule has 23 heavy (non-hydrogen) atoms. The second-order valence-corrected chi connectivity index (χ2v) is 6.27. The molecule has 0 unspecified atom stereocenters. The summed E-state index contributed by atoms with van der Waals surface area (Å²) < 4.78 is 2.16. The number of carbonyl (C=O) groups is 1. The summed E-state index contributed by atoms with van der Waals surface area (Å²) in [7, 11) is 0. The molecule has 2 aliphatic heterocycles. The third kappa shape index (κ3) is 2.63. The molecule has 0 atom stereocenters. The highest BCUT2D eigenvalue weighted by molar-refractivity contribution is 5.95. The normalized spacial score (nSPS) is 17.2. The van der Waals surface area contributed by atoms with Gasteiger partial charge in [0.1, 0.15) is 11.6 Å². The summed E-state index contributed by atoms with van der Waals surface area (Å²) >= 11 is 0. The summed E-state index contributed by atoms with van der Waals surface area (Å²) in [4.78, 5) is 16.8. The van der Waals surface area contributed by atoms with E-state index in [0.29, 0.717) is 6.42 Å². The van der Waals surface area contributed by atoms with E-state index in [0.717, 1.165) is 56.5 Å². The minimum atomic E-state index is 0.221. The number of carbonyl (C=O) groups excluding carboxylic acids is 1. The first-order valence-corrected chi connectivity index (χ1v) is 8.21. The number of hydrogen-bond acceptors (Lipinski definition) is 4. The van der Waals surface area contributed by atoms with Crippen molar-refractivity contribution in [3.05, 3.63) is 41.5 Å². The van der Waals surface area contributed by atoms with E-state index < -0.39 is 0 Å². The number of fused-ring (bicyclic) bond motifs is 2. The van der Waals surface area contributed by atoms with Gasteiger partial charge in [0.25, 0.3) is 0 Å². The molecule has 2 aliphatic rings. The van der Waals surface area contributed by atoms with Crippen LogP contribution in [0.4, 0.5) is 5.69 Å². The van der Waals surface area contributed by atoms with Crippen LogP contribution in [0.3, 0.4) is 0 Å². The Morgan fingerprint density at radius 1 is 1.17 bits per heavy atom. The Labute approximate surface area is 135 Å². The number of amides is 1. The number of rotatable bonds is 3. The van der Waals surface area contributed by atoms with Crippen LogP contribution in [0.15, 0.2) is 24.3 Å². The van der Waals surface area contributed by atoms with Gasteiger partial charge in [-0.3, -0.25) is 9.69 Å². The Balaban J connectivity index is 1.36. The van der Waals surface area contributed by atoms with Gasteiger partial charge in [0.2, 0.25) is 5.91 Å². The zero-order valence-corrected chi connectivity index (χ0v) is 13.4. The Morgan fingerprint density at radius 3 is 2.96 bits per heavy atom. The highest BCUT2D eigenvalue weighted by atomic mass is 16.2. The molecule has 0 spiro atoms. The number of hydrogen-bond donors (Lipinski definition) is 0. The van der Waals surface area contributed by atoms with Gasteiger partial charge >= 0.3 is 0 Å². The molecule has 0 fully saturated rings. The lowest BCUT2D eigenvalue weighted by Gasteiger charge is -2.28. The number of nitrogens with zero attached hydrogens (tertiary/aromatic N) is 5. The Kier molecular flexibility index (Phi) is 3.61. The fraction of sp³-hybridized carbons (Fsp3) is 0.471. The maximum absolute atomic E-state index is 12.6. The predicted molar refractivity (Wildman–Crippen MR) is 87.2 cm³/mol. The second kappa shape index (κ2) is 5.77. The summed E-state index contributed by atoms with van der Waals surface area (Å²) in [6.45, 7) is 6.23. The number of anilines is 1. The third-order valence-corrected chi connectivity index (χ3v) is 4.85. The summed E-state index contributed by atoms with van der Waals surface area (Å²) in [5, 5.41) is 8.34. The molecule has 3 heterocycles. The van der Waals surface area contributed by atoms with E-state index >= 15 is 0 Å². The van der Waals surface area contributed by atoms with E-state index in [9.17, 15) is 4.79 Å². The van der Waals surface area contributed by atoms with Crippen molar-refractivity contribution in [1.82, 2.24) is 19.7 Å². The van der Waals surface area contributed by atoms with Crippen molar-refractivity contribution in [1.29, 1.82) is 0 Å². The van der Waals surface area contributed by atoms with Crippen LogP contribution in [-0.2, 0) is 24.3 Å². The monoisotopic (exact) mass is 311 g/mol. The lowest BCUT2D eigenvalue weighted by molar-refractivity contribution is -0.118. The van der Waals surface area contributed by atoms with Gasteiger partial charge in [-0.05, 0) is 25.0 Å². The van der Waals surface area contributed by atoms with Gasteiger partial charge in [-0.1, -0.05) is 18.2 Å². The fourth-order valence-corrected chi connectivity index (χ4v) is 3.53. The topological polar surface area (TPSA) is 54.3 Å². The molecule has 1 aromatic carbocycles. The van der Waals surface area contributed by atoms with Crippen molar-refractivity contribution in [2.45, 2.75) is 32.9 Å². The zero-order chi connectivity index (χ0) is 15.8. The molecule has 2 aromatic rings. The van der Waals surface area contributed by atoms with E-state index in [4.69, 9.17) is 0 Å². The zero-order valence-electron chi connectivity index (χ0n) is 13.4. The molecule has 0 saturated carbocycles. The lowest BCUT2D eigenvalue weighted by atomic mass is 10.2. The number of aryl methyl sites for hydroxylation is 1. The molecule has 4 rings (SSSR count). The van der Waals surface area contributed by atoms with E-state index in [1.54, 1.807) is 0 Å². The summed E-state index contributed by atoms with van der Waals surface area (Å²) in [6, 6.07) is 8.21. The van der Waals surface area contributed by atoms with Crippen LogP contribution in [0.1, 0.15) is 23.6 Å². The van der Waals surface area contributed by atoms with Crippen LogP contribution < -0.4 is 4.90 Å². The number of aromatic nitrogens is 3. The summed E-state index contributed by atoms with van der Waals surface area (Å²) in [6.07, 6.45) is 1.52. The smallest absolute Gasteiger partial charge is 0.228 e. The minimum absolute atomic E-state index is 0.221. The first-order valence-electron chi connectivity index (χ1n) is 8.21. The van der Waals surface area contributed by atoms with E-state index in [-0.39, 0.29) is 5.91 Å². The van der Waals surface area contributed by atoms with Gasteiger partial charge in [-0.25, -0.2) is 0 Å². The lowest BCUT2D eigenvalue weighted by Crippen LogP contribution is -2.38. The largest absolute Gasteiger partial charge is 0.313 e. The molecule has 6 heteroatoms. The van der Waals surface area contributed by atoms with Gasteiger partial charge in [-0.15, -0.1) is 10.2 Å². The Bertz CT molecular complexity index is 738. The van der Waals surface area contributed by atoms with Crippen molar-refractivity contribution < 1.29 is 4.79 Å². The van der Waals surface area contributed by atoms with Crippen molar-refractivity contribution in [3.8, 4) is 0 Å². The first-order chi connectivity index (χ1) is 11.2. The van der Waals surface area contributed by atoms with Crippen LogP contribution in [-0.4, -0.2) is 45.2 Å². The maximum Gasteiger partial charge on any atom is 0.228 e. The number of para-hydroxylation sites is 1. The van der Waals surface area contributed by atoms with Crippen LogP contribution in [0, 0.1) is 6.92 Å². The van der Waals surface area contributed by atoms with Crippen molar-refractivity contribution in [2.24, 2.45) is 0 Å². The fourth-order valence-electron chi connectivity index (χ4n) is 3.53. The van der Waals surface area contributed by atoms with Crippen molar-refractivity contribution >= 4 is 11.6 Å². The average Bonchev–Trinajstić information content (AvgIpc) is 3.16. The van der Waals surface area contributed by atoms with Gasteiger partial charge < -0.3 is 9.47 Å². The Morgan fingerprint density at radius 2 is 2.04 bits per heavy atom. The van der Waals surface area contributed by atoms with Gasteiger partial charge in [0.15, 0.2) is 0 Å². The standard InChI is InChI=1S/C17H21N5O/c1-13-18-19-16-12-20(10-11-21(13)16)8-7-17(23)22-9-6-14-4-2-3-5-15(14)22/h2-5H,6-12H2,1H3. The van der Waals surface area contributed by atoms with Crippen LogP contribution in [0.2, 0.25) is 0 Å². The van der Waals surface area contributed by atoms with E-state index in [1.807, 2.05) is 30.0 Å². The minimum Gasteiger partial charge on any atom is -0.313 e. The van der Waals surface area contributed by atoms with Gasteiger partial charge in [0.05, 0.1) is 6.54 Å². The molecular weight excluding hydrogens is 290 g/mol. The summed E-state index contributed by atoms with van der Waals surface area (Å²) in [5.74, 6) is 2.20. The highest BCUT2D eigenvalue weighted by Gasteiger charge is 2.25. The molecule has 0 bridgehead atoms. The van der Waals surface area contributed by atoms with Crippen LogP contribution in [0.5, 0.6) is 0 Å². The second-order valence-electron chi connectivity index (χ2n) is 6.27.